The third kappa shape index (κ3) is 1.94. The molecule has 5 nitrogen and oxygen atoms in total. The Bertz CT molecular complexity index is 247. The molecule has 0 saturated carbocycles. The SMILES string of the molecule is CN(c1nnns1)C1CCOCC1. The average molecular weight is 200 g/mol. The van der Waals surface area contributed by atoms with E-state index in [1.165, 1.54) is 11.5 Å². The van der Waals surface area contributed by atoms with Gasteiger partial charge in [-0.25, -0.2) is 0 Å². The third-order valence-corrected chi connectivity index (χ3v) is 3.02. The molecular weight excluding hydrogens is 188 g/mol. The number of rotatable bonds is 2. The summed E-state index contributed by atoms with van der Waals surface area (Å²) in [7, 11) is 2.04. The molecule has 0 aliphatic carbocycles. The molecule has 0 radical (unpaired) electrons. The van der Waals surface area contributed by atoms with Crippen molar-refractivity contribution in [1.82, 2.24) is 14.8 Å². The van der Waals surface area contributed by atoms with Gasteiger partial charge in [-0.3, -0.25) is 0 Å². The van der Waals surface area contributed by atoms with Crippen molar-refractivity contribution in [3.05, 3.63) is 0 Å². The second-order valence-corrected chi connectivity index (χ2v) is 3.81. The molecule has 1 saturated heterocycles. The topological polar surface area (TPSA) is 51.1 Å². The van der Waals surface area contributed by atoms with E-state index >= 15 is 0 Å². The lowest BCUT2D eigenvalue weighted by Crippen LogP contribution is -2.36. The Morgan fingerprint density at radius 1 is 1.46 bits per heavy atom. The molecule has 13 heavy (non-hydrogen) atoms. The van der Waals surface area contributed by atoms with Crippen LogP contribution in [0.3, 0.4) is 0 Å². The first-order valence-electron chi connectivity index (χ1n) is 4.33. The smallest absolute Gasteiger partial charge is 0.227 e. The van der Waals surface area contributed by atoms with Gasteiger partial charge in [-0.05, 0) is 18.1 Å². The minimum Gasteiger partial charge on any atom is -0.381 e. The molecule has 2 heterocycles. The molecule has 0 spiro atoms. The van der Waals surface area contributed by atoms with Crippen LogP contribution in [0, 0.1) is 0 Å². The van der Waals surface area contributed by atoms with Gasteiger partial charge in [0.25, 0.3) is 0 Å². The first-order chi connectivity index (χ1) is 6.38. The van der Waals surface area contributed by atoms with E-state index in [0.717, 1.165) is 31.2 Å². The molecule has 0 aromatic carbocycles. The summed E-state index contributed by atoms with van der Waals surface area (Å²) in [5, 5.41) is 8.41. The summed E-state index contributed by atoms with van der Waals surface area (Å²) >= 11 is 1.34. The highest BCUT2D eigenvalue weighted by atomic mass is 32.1. The van der Waals surface area contributed by atoms with Crippen molar-refractivity contribution in [2.45, 2.75) is 18.9 Å². The molecule has 0 atom stereocenters. The third-order valence-electron chi connectivity index (χ3n) is 2.33. The molecule has 0 unspecified atom stereocenters. The lowest BCUT2D eigenvalue weighted by Gasteiger charge is -2.30. The van der Waals surface area contributed by atoms with Gasteiger partial charge in [0.1, 0.15) is 0 Å². The zero-order chi connectivity index (χ0) is 9.10. The van der Waals surface area contributed by atoms with Crippen LogP contribution in [0.25, 0.3) is 0 Å². The van der Waals surface area contributed by atoms with E-state index in [1.54, 1.807) is 0 Å². The number of aromatic nitrogens is 3. The molecule has 72 valence electrons. The monoisotopic (exact) mass is 200 g/mol. The fourth-order valence-electron chi connectivity index (χ4n) is 1.49. The summed E-state index contributed by atoms with van der Waals surface area (Å²) in [6.07, 6.45) is 2.13. The molecule has 2 rings (SSSR count). The standard InChI is InChI=1S/C7H12N4OS/c1-11(7-8-9-10-13-7)6-2-4-12-5-3-6/h6H,2-5H2,1H3. The van der Waals surface area contributed by atoms with E-state index < -0.39 is 0 Å². The molecule has 1 aliphatic rings. The maximum Gasteiger partial charge on any atom is 0.227 e. The first-order valence-corrected chi connectivity index (χ1v) is 5.11. The number of anilines is 1. The van der Waals surface area contributed by atoms with Gasteiger partial charge in [-0.15, -0.1) is 0 Å². The predicted molar refractivity (Wildman–Crippen MR) is 49.9 cm³/mol. The highest BCUT2D eigenvalue weighted by Gasteiger charge is 2.20. The van der Waals surface area contributed by atoms with Crippen LogP contribution >= 0.6 is 11.5 Å². The van der Waals surface area contributed by atoms with E-state index in [2.05, 4.69) is 19.7 Å². The molecular formula is C7H12N4OS. The van der Waals surface area contributed by atoms with Crippen LogP contribution in [0.2, 0.25) is 0 Å². The first kappa shape index (κ1) is 8.83. The Balaban J connectivity index is 1.99. The number of ether oxygens (including phenoxy) is 1. The van der Waals surface area contributed by atoms with Gasteiger partial charge < -0.3 is 9.64 Å². The van der Waals surface area contributed by atoms with Crippen LogP contribution < -0.4 is 4.90 Å². The Hall–Kier alpha value is -0.750. The molecule has 1 fully saturated rings. The Morgan fingerprint density at radius 3 is 2.85 bits per heavy atom. The van der Waals surface area contributed by atoms with Crippen LogP contribution in [0.15, 0.2) is 0 Å². The molecule has 0 amide bonds. The van der Waals surface area contributed by atoms with Crippen LogP contribution in [0.1, 0.15) is 12.8 Å². The van der Waals surface area contributed by atoms with Crippen molar-refractivity contribution in [2.24, 2.45) is 0 Å². The molecule has 0 N–H and O–H groups in total. The number of hydrogen-bond acceptors (Lipinski definition) is 6. The minimum absolute atomic E-state index is 0.531. The summed E-state index contributed by atoms with van der Waals surface area (Å²) < 4.78 is 9.04. The van der Waals surface area contributed by atoms with Crippen LogP contribution in [0.4, 0.5) is 5.13 Å². The lowest BCUT2D eigenvalue weighted by atomic mass is 10.1. The summed E-state index contributed by atoms with van der Waals surface area (Å²) in [6, 6.07) is 0.531. The number of hydrogen-bond donors (Lipinski definition) is 0. The highest BCUT2D eigenvalue weighted by molar-refractivity contribution is 7.09. The second-order valence-electron chi connectivity index (χ2n) is 3.10. The fourth-order valence-corrected chi connectivity index (χ4v) is 1.99. The minimum atomic E-state index is 0.531. The van der Waals surface area contributed by atoms with E-state index in [4.69, 9.17) is 4.74 Å². The molecule has 1 aliphatic heterocycles. The van der Waals surface area contributed by atoms with E-state index in [0.29, 0.717) is 6.04 Å². The van der Waals surface area contributed by atoms with Crippen LogP contribution in [-0.4, -0.2) is 41.1 Å². The maximum absolute atomic E-state index is 5.29. The second kappa shape index (κ2) is 3.97. The van der Waals surface area contributed by atoms with Gasteiger partial charge in [0.05, 0.1) is 0 Å². The van der Waals surface area contributed by atoms with Gasteiger partial charge >= 0.3 is 0 Å². The summed E-state index contributed by atoms with van der Waals surface area (Å²) in [5.74, 6) is 0. The average Bonchev–Trinajstić information content (AvgIpc) is 2.71. The van der Waals surface area contributed by atoms with Gasteiger partial charge in [-0.1, -0.05) is 9.59 Å². The normalized spacial score (nSPS) is 18.8. The summed E-state index contributed by atoms with van der Waals surface area (Å²) in [4.78, 5) is 2.15. The highest BCUT2D eigenvalue weighted by Crippen LogP contribution is 2.20. The van der Waals surface area contributed by atoms with Gasteiger partial charge in [0.2, 0.25) is 5.13 Å². The van der Waals surface area contributed by atoms with Crippen molar-refractivity contribution in [2.75, 3.05) is 25.2 Å². The van der Waals surface area contributed by atoms with Crippen LogP contribution in [-0.2, 0) is 4.74 Å². The van der Waals surface area contributed by atoms with Crippen molar-refractivity contribution in [3.8, 4) is 0 Å². The molecule has 1 aromatic heterocycles. The summed E-state index contributed by atoms with van der Waals surface area (Å²) in [5.41, 5.74) is 0. The van der Waals surface area contributed by atoms with Gasteiger partial charge in [0, 0.05) is 37.8 Å². The van der Waals surface area contributed by atoms with E-state index in [9.17, 15) is 0 Å². The Kier molecular flexibility index (Phi) is 2.70. The summed E-state index contributed by atoms with van der Waals surface area (Å²) in [6.45, 7) is 1.70. The predicted octanol–water partition coefficient (Wildman–Crippen LogP) is 0.548. The Labute approximate surface area is 80.9 Å². The van der Waals surface area contributed by atoms with Crippen molar-refractivity contribution < 1.29 is 4.74 Å². The lowest BCUT2D eigenvalue weighted by molar-refractivity contribution is 0.0854. The number of nitrogens with zero attached hydrogens (tertiary/aromatic N) is 4. The van der Waals surface area contributed by atoms with E-state index in [-0.39, 0.29) is 0 Å². The van der Waals surface area contributed by atoms with Crippen molar-refractivity contribution in [1.29, 1.82) is 0 Å². The van der Waals surface area contributed by atoms with E-state index in [1.807, 2.05) is 7.05 Å². The zero-order valence-electron chi connectivity index (χ0n) is 7.51. The molecule has 6 heteroatoms. The van der Waals surface area contributed by atoms with Gasteiger partial charge in [0.15, 0.2) is 0 Å². The Morgan fingerprint density at radius 2 is 2.23 bits per heavy atom. The molecule has 0 bridgehead atoms. The fraction of sp³-hybridized carbons (Fsp3) is 0.857. The van der Waals surface area contributed by atoms with Crippen molar-refractivity contribution in [3.63, 3.8) is 0 Å². The van der Waals surface area contributed by atoms with Crippen LogP contribution in [0.5, 0.6) is 0 Å². The van der Waals surface area contributed by atoms with Gasteiger partial charge in [-0.2, -0.15) is 0 Å². The largest absolute Gasteiger partial charge is 0.381 e. The van der Waals surface area contributed by atoms with Crippen molar-refractivity contribution >= 4 is 16.7 Å². The maximum atomic E-state index is 5.29. The molecule has 1 aromatic rings. The zero-order valence-corrected chi connectivity index (χ0v) is 8.33. The quantitative estimate of drug-likeness (QED) is 0.697.